The minimum absolute atomic E-state index is 0.201. The summed E-state index contributed by atoms with van der Waals surface area (Å²) in [7, 11) is 0. The molecule has 176 valence electrons. The first-order chi connectivity index (χ1) is 15.7. The highest BCUT2D eigenvalue weighted by atomic mass is 16.2. The van der Waals surface area contributed by atoms with E-state index < -0.39 is 6.04 Å². The number of benzene rings is 2. The fourth-order valence-electron chi connectivity index (χ4n) is 3.60. The first-order valence-electron chi connectivity index (χ1n) is 11.6. The fraction of sp³-hybridized carbons (Fsp3) is 0.423. The molecule has 4 amide bonds. The topological polar surface area (TPSA) is 99.3 Å². The van der Waals surface area contributed by atoms with Crippen molar-refractivity contribution in [1.82, 2.24) is 16.0 Å². The summed E-state index contributed by atoms with van der Waals surface area (Å²) in [6.45, 7) is 7.82. The van der Waals surface area contributed by atoms with Gasteiger partial charge in [-0.1, -0.05) is 44.2 Å². The summed E-state index contributed by atoms with van der Waals surface area (Å²) in [6.07, 6.45) is 2.61. The largest absolute Gasteiger partial charge is 0.348 e. The van der Waals surface area contributed by atoms with Gasteiger partial charge in [0.05, 0.1) is 6.04 Å². The van der Waals surface area contributed by atoms with Gasteiger partial charge in [-0.3, -0.25) is 9.59 Å². The molecule has 0 heterocycles. The van der Waals surface area contributed by atoms with E-state index in [2.05, 4.69) is 21.3 Å². The van der Waals surface area contributed by atoms with Crippen LogP contribution in [-0.2, 0) is 4.79 Å². The van der Waals surface area contributed by atoms with Gasteiger partial charge in [-0.25, -0.2) is 4.79 Å². The summed E-state index contributed by atoms with van der Waals surface area (Å²) in [5.74, 6) is -0.231. The predicted octanol–water partition coefficient (Wildman–Crippen LogP) is 4.30. The van der Waals surface area contributed by atoms with Gasteiger partial charge in [0.25, 0.3) is 5.91 Å². The zero-order valence-electron chi connectivity index (χ0n) is 19.8. The minimum Gasteiger partial charge on any atom is -0.348 e. The van der Waals surface area contributed by atoms with Gasteiger partial charge in [-0.15, -0.1) is 0 Å². The SMILES string of the molecule is Cc1ccccc1C(=O)NC(CC(C)C)C(=O)NC(C)c1ccc(NC(=O)NC2CC2)cc1. The Bertz CT molecular complexity index is 983. The molecule has 1 aliphatic carbocycles. The Labute approximate surface area is 195 Å². The number of aryl methyl sites for hydroxylation is 1. The van der Waals surface area contributed by atoms with Gasteiger partial charge in [-0.05, 0) is 68.4 Å². The van der Waals surface area contributed by atoms with Gasteiger partial charge >= 0.3 is 6.03 Å². The van der Waals surface area contributed by atoms with Crippen LogP contribution in [0.25, 0.3) is 0 Å². The number of carbonyl (C=O) groups is 3. The molecule has 0 saturated heterocycles. The summed E-state index contributed by atoms with van der Waals surface area (Å²) >= 11 is 0. The zero-order valence-corrected chi connectivity index (χ0v) is 19.8. The summed E-state index contributed by atoms with van der Waals surface area (Å²) in [5, 5.41) is 11.6. The number of carbonyl (C=O) groups excluding carboxylic acids is 3. The molecule has 4 N–H and O–H groups in total. The van der Waals surface area contributed by atoms with Crippen LogP contribution in [0.3, 0.4) is 0 Å². The van der Waals surface area contributed by atoms with Crippen molar-refractivity contribution in [2.75, 3.05) is 5.32 Å². The van der Waals surface area contributed by atoms with Crippen molar-refractivity contribution in [3.63, 3.8) is 0 Å². The average molecular weight is 451 g/mol. The molecule has 0 radical (unpaired) electrons. The van der Waals surface area contributed by atoms with E-state index in [4.69, 9.17) is 0 Å². The van der Waals surface area contributed by atoms with Gasteiger partial charge in [0.2, 0.25) is 5.91 Å². The van der Waals surface area contributed by atoms with Crippen molar-refractivity contribution in [2.45, 2.75) is 65.1 Å². The van der Waals surface area contributed by atoms with Crippen LogP contribution in [0.15, 0.2) is 48.5 Å². The van der Waals surface area contributed by atoms with Crippen LogP contribution < -0.4 is 21.3 Å². The lowest BCUT2D eigenvalue weighted by atomic mass is 10.0. The van der Waals surface area contributed by atoms with Crippen LogP contribution in [0.5, 0.6) is 0 Å². The van der Waals surface area contributed by atoms with Crippen LogP contribution in [0.4, 0.5) is 10.5 Å². The van der Waals surface area contributed by atoms with Crippen LogP contribution in [-0.4, -0.2) is 29.9 Å². The minimum atomic E-state index is -0.633. The molecule has 1 aliphatic rings. The Kier molecular flexibility index (Phi) is 8.09. The van der Waals surface area contributed by atoms with Crippen molar-refractivity contribution in [2.24, 2.45) is 5.92 Å². The predicted molar refractivity (Wildman–Crippen MR) is 130 cm³/mol. The molecule has 1 saturated carbocycles. The maximum absolute atomic E-state index is 13.0. The summed E-state index contributed by atoms with van der Waals surface area (Å²) in [5.41, 5.74) is 3.04. The Morgan fingerprint density at radius 3 is 2.21 bits per heavy atom. The van der Waals surface area contributed by atoms with E-state index in [1.54, 1.807) is 6.07 Å². The normalized spacial score (nSPS) is 14.8. The van der Waals surface area contributed by atoms with E-state index in [9.17, 15) is 14.4 Å². The molecule has 7 nitrogen and oxygen atoms in total. The van der Waals surface area contributed by atoms with E-state index in [0.29, 0.717) is 23.7 Å². The second kappa shape index (κ2) is 11.0. The maximum Gasteiger partial charge on any atom is 0.319 e. The smallest absolute Gasteiger partial charge is 0.319 e. The molecular weight excluding hydrogens is 416 g/mol. The lowest BCUT2D eigenvalue weighted by Gasteiger charge is -2.23. The van der Waals surface area contributed by atoms with Gasteiger partial charge in [0, 0.05) is 17.3 Å². The number of hydrogen-bond acceptors (Lipinski definition) is 3. The van der Waals surface area contributed by atoms with Gasteiger partial charge < -0.3 is 21.3 Å². The lowest BCUT2D eigenvalue weighted by molar-refractivity contribution is -0.124. The second-order valence-electron chi connectivity index (χ2n) is 9.20. The first kappa shape index (κ1) is 24.3. The molecule has 3 rings (SSSR count). The summed E-state index contributed by atoms with van der Waals surface area (Å²) in [4.78, 5) is 37.7. The number of amides is 4. The highest BCUT2D eigenvalue weighted by molar-refractivity contribution is 5.98. The van der Waals surface area contributed by atoms with Crippen molar-refractivity contribution in [1.29, 1.82) is 0 Å². The van der Waals surface area contributed by atoms with E-state index in [0.717, 1.165) is 24.0 Å². The Balaban J connectivity index is 1.60. The molecule has 2 aromatic rings. The molecule has 0 aliphatic heterocycles. The Morgan fingerprint density at radius 2 is 1.61 bits per heavy atom. The molecule has 0 bridgehead atoms. The third-order valence-corrected chi connectivity index (χ3v) is 5.66. The molecule has 7 heteroatoms. The number of nitrogens with one attached hydrogen (secondary N) is 4. The molecule has 33 heavy (non-hydrogen) atoms. The Hall–Kier alpha value is -3.35. The zero-order chi connectivity index (χ0) is 24.0. The van der Waals surface area contributed by atoms with Gasteiger partial charge in [-0.2, -0.15) is 0 Å². The Morgan fingerprint density at radius 1 is 0.939 bits per heavy atom. The molecule has 1 fully saturated rings. The van der Waals surface area contributed by atoms with Gasteiger partial charge in [0.15, 0.2) is 0 Å². The highest BCUT2D eigenvalue weighted by Gasteiger charge is 2.25. The number of urea groups is 1. The molecule has 2 atom stereocenters. The number of anilines is 1. The third kappa shape index (κ3) is 7.34. The third-order valence-electron chi connectivity index (χ3n) is 5.66. The summed E-state index contributed by atoms with van der Waals surface area (Å²) < 4.78 is 0. The maximum atomic E-state index is 13.0. The quantitative estimate of drug-likeness (QED) is 0.458. The van der Waals surface area contributed by atoms with Crippen molar-refractivity contribution >= 4 is 23.5 Å². The highest BCUT2D eigenvalue weighted by Crippen LogP contribution is 2.20. The van der Waals surface area contributed by atoms with E-state index in [-0.39, 0.29) is 29.8 Å². The number of hydrogen-bond donors (Lipinski definition) is 4. The molecular formula is C26H34N4O3. The summed E-state index contributed by atoms with van der Waals surface area (Å²) in [6, 6.07) is 13.9. The van der Waals surface area contributed by atoms with E-state index in [1.807, 2.05) is 70.2 Å². The van der Waals surface area contributed by atoms with Crippen LogP contribution in [0, 0.1) is 12.8 Å². The molecule has 2 aromatic carbocycles. The van der Waals surface area contributed by atoms with E-state index in [1.165, 1.54) is 0 Å². The lowest BCUT2D eigenvalue weighted by Crippen LogP contribution is -2.48. The monoisotopic (exact) mass is 450 g/mol. The second-order valence-corrected chi connectivity index (χ2v) is 9.20. The van der Waals surface area contributed by atoms with Crippen molar-refractivity contribution in [3.8, 4) is 0 Å². The van der Waals surface area contributed by atoms with Crippen LogP contribution in [0.2, 0.25) is 0 Å². The number of rotatable bonds is 9. The first-order valence-corrected chi connectivity index (χ1v) is 11.6. The standard InChI is InChI=1S/C26H34N4O3/c1-16(2)15-23(30-24(31)22-8-6-5-7-17(22)3)25(32)27-18(4)19-9-11-20(12-10-19)28-26(33)29-21-13-14-21/h5-12,16,18,21,23H,13-15H2,1-4H3,(H,27,32)(H,30,31)(H2,28,29,33). The molecule has 0 aromatic heterocycles. The van der Waals surface area contributed by atoms with Gasteiger partial charge in [0.1, 0.15) is 6.04 Å². The molecule has 2 unspecified atom stereocenters. The fourth-order valence-corrected chi connectivity index (χ4v) is 3.60. The van der Waals surface area contributed by atoms with Crippen molar-refractivity contribution < 1.29 is 14.4 Å². The van der Waals surface area contributed by atoms with Crippen LogP contribution >= 0.6 is 0 Å². The average Bonchev–Trinajstić information content (AvgIpc) is 3.57. The molecule has 0 spiro atoms. The van der Waals surface area contributed by atoms with Crippen LogP contribution in [0.1, 0.15) is 67.6 Å². The van der Waals surface area contributed by atoms with Crippen molar-refractivity contribution in [3.05, 3.63) is 65.2 Å². The van der Waals surface area contributed by atoms with E-state index >= 15 is 0 Å².